The second-order valence-electron chi connectivity index (χ2n) is 6.12. The molecule has 0 atom stereocenters. The first kappa shape index (κ1) is 12.6. The third-order valence-corrected chi connectivity index (χ3v) is 3.80. The van der Waals surface area contributed by atoms with E-state index in [1.54, 1.807) is 0 Å². The second-order valence-corrected chi connectivity index (χ2v) is 6.12. The quantitative estimate of drug-likeness (QED) is 0.786. The van der Waals surface area contributed by atoms with Crippen LogP contribution in [0.1, 0.15) is 52.3 Å². The minimum absolute atomic E-state index is 0.162. The van der Waals surface area contributed by atoms with Gasteiger partial charge in [0.15, 0.2) is 0 Å². The Kier molecular flexibility index (Phi) is 3.57. The van der Waals surface area contributed by atoms with E-state index in [-0.39, 0.29) is 5.41 Å². The van der Waals surface area contributed by atoms with Gasteiger partial charge in [-0.05, 0) is 19.4 Å². The molecule has 0 bridgehead atoms. The predicted molar refractivity (Wildman–Crippen MR) is 71.3 cm³/mol. The Balaban J connectivity index is 2.02. The fourth-order valence-electron chi connectivity index (χ4n) is 2.46. The molecule has 1 saturated heterocycles. The van der Waals surface area contributed by atoms with Gasteiger partial charge >= 0.3 is 0 Å². The normalized spacial score (nSPS) is 19.8. The summed E-state index contributed by atoms with van der Waals surface area (Å²) in [5.41, 5.74) is 1.37. The Morgan fingerprint density at radius 2 is 1.94 bits per heavy atom. The molecule has 0 radical (unpaired) electrons. The van der Waals surface area contributed by atoms with E-state index in [9.17, 15) is 0 Å². The number of likely N-dealkylation sites (tertiary alicyclic amines) is 1. The van der Waals surface area contributed by atoms with Crippen LogP contribution in [0.3, 0.4) is 0 Å². The summed E-state index contributed by atoms with van der Waals surface area (Å²) in [6.07, 6.45) is 6.78. The maximum absolute atomic E-state index is 4.55. The average molecular weight is 235 g/mol. The van der Waals surface area contributed by atoms with Crippen LogP contribution in [0.15, 0.2) is 12.5 Å². The van der Waals surface area contributed by atoms with Crippen molar-refractivity contribution in [2.24, 2.45) is 0 Å². The molecule has 1 fully saturated rings. The fraction of sp³-hybridized carbons (Fsp3) is 0.786. The number of aromatic nitrogens is 2. The van der Waals surface area contributed by atoms with E-state index >= 15 is 0 Å². The second kappa shape index (κ2) is 4.81. The van der Waals surface area contributed by atoms with Gasteiger partial charge in [-0.1, -0.05) is 27.7 Å². The summed E-state index contributed by atoms with van der Waals surface area (Å²) in [4.78, 5) is 7.08. The first-order valence-corrected chi connectivity index (χ1v) is 6.77. The van der Waals surface area contributed by atoms with Crippen LogP contribution >= 0.6 is 0 Å². The number of hydrogen-bond acceptors (Lipinski definition) is 2. The van der Waals surface area contributed by atoms with Crippen molar-refractivity contribution in [3.63, 3.8) is 0 Å². The van der Waals surface area contributed by atoms with Crippen LogP contribution in [0, 0.1) is 0 Å². The Hall–Kier alpha value is -0.830. The molecule has 3 nitrogen and oxygen atoms in total. The summed E-state index contributed by atoms with van der Waals surface area (Å²) >= 11 is 0. The summed E-state index contributed by atoms with van der Waals surface area (Å²) in [6, 6.07) is 0.654. The maximum Gasteiger partial charge on any atom is 0.0952 e. The van der Waals surface area contributed by atoms with Crippen LogP contribution < -0.4 is 0 Å². The van der Waals surface area contributed by atoms with Gasteiger partial charge in [-0.3, -0.25) is 0 Å². The summed E-state index contributed by atoms with van der Waals surface area (Å²) in [7, 11) is 0. The van der Waals surface area contributed by atoms with Crippen LogP contribution in [0.25, 0.3) is 0 Å². The molecular formula is C14H25N3. The monoisotopic (exact) mass is 235 g/mol. The van der Waals surface area contributed by atoms with Crippen LogP contribution in [0.5, 0.6) is 0 Å². The molecule has 1 aromatic rings. The van der Waals surface area contributed by atoms with Crippen LogP contribution in [-0.2, 0) is 5.41 Å². The lowest BCUT2D eigenvalue weighted by Crippen LogP contribution is -2.34. The molecule has 17 heavy (non-hydrogen) atoms. The lowest BCUT2D eigenvalue weighted by Gasteiger charge is -2.31. The van der Waals surface area contributed by atoms with E-state index in [1.807, 2.05) is 6.33 Å². The van der Waals surface area contributed by atoms with Gasteiger partial charge in [-0.25, -0.2) is 4.98 Å². The minimum Gasteiger partial charge on any atom is -0.334 e. The first-order valence-electron chi connectivity index (χ1n) is 6.77. The Morgan fingerprint density at radius 3 is 2.41 bits per heavy atom. The van der Waals surface area contributed by atoms with Crippen molar-refractivity contribution in [2.75, 3.05) is 19.6 Å². The molecule has 0 amide bonds. The van der Waals surface area contributed by atoms with Crippen LogP contribution in [0.4, 0.5) is 0 Å². The summed E-state index contributed by atoms with van der Waals surface area (Å²) in [6.45, 7) is 12.5. The molecule has 0 spiro atoms. The van der Waals surface area contributed by atoms with Crippen LogP contribution in [-0.4, -0.2) is 34.1 Å². The molecule has 0 N–H and O–H groups in total. The van der Waals surface area contributed by atoms with Crippen molar-refractivity contribution in [1.29, 1.82) is 0 Å². The Morgan fingerprint density at radius 1 is 1.29 bits per heavy atom. The summed E-state index contributed by atoms with van der Waals surface area (Å²) in [5, 5.41) is 0. The third-order valence-electron chi connectivity index (χ3n) is 3.80. The van der Waals surface area contributed by atoms with Gasteiger partial charge < -0.3 is 9.47 Å². The zero-order valence-corrected chi connectivity index (χ0v) is 11.6. The van der Waals surface area contributed by atoms with E-state index in [4.69, 9.17) is 0 Å². The van der Waals surface area contributed by atoms with E-state index < -0.39 is 0 Å². The van der Waals surface area contributed by atoms with Crippen molar-refractivity contribution < 1.29 is 0 Å². The van der Waals surface area contributed by atoms with E-state index in [0.29, 0.717) is 6.04 Å². The van der Waals surface area contributed by atoms with Gasteiger partial charge in [-0.2, -0.15) is 0 Å². The van der Waals surface area contributed by atoms with Gasteiger partial charge in [-0.15, -0.1) is 0 Å². The molecule has 2 rings (SSSR count). The van der Waals surface area contributed by atoms with E-state index in [0.717, 1.165) is 0 Å². The Bertz CT molecular complexity index is 354. The largest absolute Gasteiger partial charge is 0.334 e. The molecule has 1 aromatic heterocycles. The number of piperidine rings is 1. The highest BCUT2D eigenvalue weighted by Crippen LogP contribution is 2.25. The molecule has 0 saturated carbocycles. The van der Waals surface area contributed by atoms with Crippen molar-refractivity contribution in [3.05, 3.63) is 18.2 Å². The minimum atomic E-state index is 0.162. The zero-order chi connectivity index (χ0) is 12.5. The molecule has 3 heteroatoms. The summed E-state index contributed by atoms with van der Waals surface area (Å²) in [5.74, 6) is 0. The lowest BCUT2D eigenvalue weighted by atomic mass is 9.93. The SMILES string of the molecule is CCN1CCC(n2cnc(C(C)(C)C)c2)CC1. The fourth-order valence-corrected chi connectivity index (χ4v) is 2.46. The van der Waals surface area contributed by atoms with Gasteiger partial charge in [0.2, 0.25) is 0 Å². The van der Waals surface area contributed by atoms with Crippen molar-refractivity contribution in [1.82, 2.24) is 14.5 Å². The smallest absolute Gasteiger partial charge is 0.0952 e. The number of hydrogen-bond donors (Lipinski definition) is 0. The third kappa shape index (κ3) is 2.89. The molecule has 0 unspecified atom stereocenters. The predicted octanol–water partition coefficient (Wildman–Crippen LogP) is 2.84. The highest BCUT2D eigenvalue weighted by atomic mass is 15.2. The highest BCUT2D eigenvalue weighted by Gasteiger charge is 2.22. The highest BCUT2D eigenvalue weighted by molar-refractivity contribution is 5.09. The number of imidazole rings is 1. The number of rotatable bonds is 2. The summed E-state index contributed by atoms with van der Waals surface area (Å²) < 4.78 is 2.33. The molecule has 0 aromatic carbocycles. The van der Waals surface area contributed by atoms with Crippen molar-refractivity contribution >= 4 is 0 Å². The standard InChI is InChI=1S/C14H25N3/c1-5-16-8-6-12(7-9-16)17-10-13(15-11-17)14(2,3)4/h10-12H,5-9H2,1-4H3. The molecule has 0 aliphatic carbocycles. The maximum atomic E-state index is 4.55. The van der Waals surface area contributed by atoms with Gasteiger partial charge in [0.05, 0.1) is 12.0 Å². The van der Waals surface area contributed by atoms with Gasteiger partial charge in [0.1, 0.15) is 0 Å². The average Bonchev–Trinajstić information content (AvgIpc) is 2.78. The molecule has 96 valence electrons. The van der Waals surface area contributed by atoms with E-state index in [2.05, 4.69) is 48.3 Å². The molecule has 1 aliphatic heterocycles. The molecule has 2 heterocycles. The van der Waals surface area contributed by atoms with Crippen molar-refractivity contribution in [2.45, 2.75) is 52.0 Å². The Labute approximate surface area is 105 Å². The van der Waals surface area contributed by atoms with Gasteiger partial charge in [0.25, 0.3) is 0 Å². The van der Waals surface area contributed by atoms with E-state index in [1.165, 1.54) is 38.2 Å². The molecule has 1 aliphatic rings. The number of nitrogens with zero attached hydrogens (tertiary/aromatic N) is 3. The topological polar surface area (TPSA) is 21.1 Å². The molecular weight excluding hydrogens is 210 g/mol. The first-order chi connectivity index (χ1) is 8.00. The van der Waals surface area contributed by atoms with Crippen LogP contribution in [0.2, 0.25) is 0 Å². The zero-order valence-electron chi connectivity index (χ0n) is 11.6. The van der Waals surface area contributed by atoms with Crippen molar-refractivity contribution in [3.8, 4) is 0 Å². The van der Waals surface area contributed by atoms with Gasteiger partial charge in [0, 0.05) is 30.7 Å². The lowest BCUT2D eigenvalue weighted by molar-refractivity contribution is 0.194.